The van der Waals surface area contributed by atoms with Crippen LogP contribution >= 0.6 is 0 Å². The van der Waals surface area contributed by atoms with Crippen LogP contribution < -0.4 is 0 Å². The third-order valence-corrected chi connectivity index (χ3v) is 10.5. The minimum atomic E-state index is 0.901. The molecule has 238 valence electrons. The van der Waals surface area contributed by atoms with Gasteiger partial charge < -0.3 is 4.57 Å². The number of imidazole rings is 4. The molecule has 0 bridgehead atoms. The van der Waals surface area contributed by atoms with Gasteiger partial charge in [-0.25, -0.2) is 9.97 Å². The van der Waals surface area contributed by atoms with Gasteiger partial charge in [-0.2, -0.15) is 0 Å². The number of hydrogen-bond acceptors (Lipinski definition) is 2. The van der Waals surface area contributed by atoms with Crippen molar-refractivity contribution in [2.24, 2.45) is 0 Å². The van der Waals surface area contributed by atoms with Crippen molar-refractivity contribution in [2.45, 2.75) is 0 Å². The molecule has 12 rings (SSSR count). The minimum absolute atomic E-state index is 0.901. The molecule has 51 heavy (non-hydrogen) atoms. The van der Waals surface area contributed by atoms with Crippen LogP contribution in [0.2, 0.25) is 0 Å². The van der Waals surface area contributed by atoms with Gasteiger partial charge in [0.25, 0.3) is 0 Å². The first-order valence-electron chi connectivity index (χ1n) is 17.2. The number of nitrogens with zero attached hydrogens (tertiary/aromatic N) is 7. The number of aromatic nitrogens is 7. The SMILES string of the molecule is c1cc(-n2c3ccccc3c3cc(-n4c5ccccc5n5c6ccccc6nc45)ccc32)cc(-n2c3ccccc3n3c4ccccc4nc23)c1. The molecule has 0 aliphatic rings. The molecule has 5 heterocycles. The van der Waals surface area contributed by atoms with Crippen molar-refractivity contribution in [3.8, 4) is 17.1 Å². The van der Waals surface area contributed by atoms with Crippen LogP contribution in [0.5, 0.6) is 0 Å². The van der Waals surface area contributed by atoms with Crippen molar-refractivity contribution in [1.29, 1.82) is 0 Å². The van der Waals surface area contributed by atoms with E-state index in [1.165, 1.54) is 10.8 Å². The summed E-state index contributed by atoms with van der Waals surface area (Å²) < 4.78 is 11.5. The zero-order chi connectivity index (χ0) is 33.2. The summed E-state index contributed by atoms with van der Waals surface area (Å²) in [6, 6.07) is 58.2. The van der Waals surface area contributed by atoms with Crippen molar-refractivity contribution < 1.29 is 0 Å². The molecular weight excluding hydrogens is 627 g/mol. The van der Waals surface area contributed by atoms with Crippen molar-refractivity contribution in [2.75, 3.05) is 0 Å². The summed E-state index contributed by atoms with van der Waals surface area (Å²) in [6.45, 7) is 0. The number of hydrogen-bond donors (Lipinski definition) is 0. The van der Waals surface area contributed by atoms with E-state index in [2.05, 4.69) is 180 Å². The quantitative estimate of drug-likeness (QED) is 0.191. The Morgan fingerprint density at radius 2 is 0.745 bits per heavy atom. The van der Waals surface area contributed by atoms with E-state index in [-0.39, 0.29) is 0 Å². The average Bonchev–Trinajstić information content (AvgIpc) is 3.97. The summed E-state index contributed by atoms with van der Waals surface area (Å²) in [6.07, 6.45) is 0. The highest BCUT2D eigenvalue weighted by molar-refractivity contribution is 6.10. The maximum absolute atomic E-state index is 5.13. The lowest BCUT2D eigenvalue weighted by Crippen LogP contribution is -1.99. The lowest BCUT2D eigenvalue weighted by molar-refractivity contribution is 1.09. The molecule has 0 aliphatic heterocycles. The topological polar surface area (TPSA) is 49.4 Å². The third kappa shape index (κ3) is 3.51. The van der Waals surface area contributed by atoms with E-state index in [1.807, 2.05) is 6.07 Å². The first-order valence-corrected chi connectivity index (χ1v) is 17.2. The Morgan fingerprint density at radius 3 is 1.35 bits per heavy atom. The Balaban J connectivity index is 1.10. The molecule has 0 atom stereocenters. The zero-order valence-corrected chi connectivity index (χ0v) is 27.2. The van der Waals surface area contributed by atoms with Crippen LogP contribution in [0.25, 0.3) is 94.6 Å². The van der Waals surface area contributed by atoms with E-state index in [9.17, 15) is 0 Å². The third-order valence-electron chi connectivity index (χ3n) is 10.5. The Labute approximate surface area is 290 Å². The summed E-state index contributed by atoms with van der Waals surface area (Å²) in [5.41, 5.74) is 14.2. The van der Waals surface area contributed by atoms with Gasteiger partial charge in [-0.3, -0.25) is 17.9 Å². The highest BCUT2D eigenvalue weighted by atomic mass is 15.2. The van der Waals surface area contributed by atoms with Crippen LogP contribution in [0.4, 0.5) is 0 Å². The smallest absolute Gasteiger partial charge is 0.220 e. The average molecular weight is 654 g/mol. The van der Waals surface area contributed by atoms with Crippen molar-refractivity contribution in [3.05, 3.63) is 164 Å². The summed E-state index contributed by atoms with van der Waals surface area (Å²) in [5, 5.41) is 2.39. The fourth-order valence-electron chi connectivity index (χ4n) is 8.36. The summed E-state index contributed by atoms with van der Waals surface area (Å²) in [5.74, 6) is 1.81. The van der Waals surface area contributed by atoms with Crippen LogP contribution in [0.3, 0.4) is 0 Å². The first kappa shape index (κ1) is 26.8. The fraction of sp³-hybridized carbons (Fsp3) is 0. The standard InChI is InChI=1S/C44H27N7/c1-4-17-35-31(14-1)32-27-30(49-40-21-8-10-23-42(40)51-38-19-6-3-16-34(38)46-44(49)51)24-25-36(32)47(35)28-12-11-13-29(26-28)48-39-20-7-9-22-41(39)50-37-18-5-2-15-33(37)45-43(48)50/h1-27H. The van der Waals surface area contributed by atoms with Crippen molar-refractivity contribution >= 4 is 77.5 Å². The normalized spacial score (nSPS) is 12.3. The van der Waals surface area contributed by atoms with Gasteiger partial charge in [0, 0.05) is 22.1 Å². The molecule has 7 heteroatoms. The molecular formula is C44H27N7. The molecule has 0 N–H and O–H groups in total. The number of fused-ring (bicyclic) bond motifs is 13. The van der Waals surface area contributed by atoms with Gasteiger partial charge in [0.15, 0.2) is 0 Å². The van der Waals surface area contributed by atoms with Crippen molar-refractivity contribution in [3.63, 3.8) is 0 Å². The van der Waals surface area contributed by atoms with E-state index >= 15 is 0 Å². The molecule has 5 aromatic heterocycles. The maximum atomic E-state index is 5.13. The van der Waals surface area contributed by atoms with Crippen molar-refractivity contribution in [1.82, 2.24) is 32.5 Å². The Morgan fingerprint density at radius 1 is 0.294 bits per heavy atom. The van der Waals surface area contributed by atoms with Gasteiger partial charge in [-0.05, 0) is 91.0 Å². The monoisotopic (exact) mass is 653 g/mol. The van der Waals surface area contributed by atoms with E-state index in [0.29, 0.717) is 0 Å². The molecule has 7 nitrogen and oxygen atoms in total. The van der Waals surface area contributed by atoms with Gasteiger partial charge in [0.05, 0.1) is 60.9 Å². The highest BCUT2D eigenvalue weighted by Gasteiger charge is 2.21. The van der Waals surface area contributed by atoms with Crippen LogP contribution in [0.1, 0.15) is 0 Å². The molecule has 0 spiro atoms. The lowest BCUT2D eigenvalue weighted by atomic mass is 10.1. The Bertz CT molecular complexity index is 3380. The van der Waals surface area contributed by atoms with Gasteiger partial charge in [0.2, 0.25) is 11.6 Å². The predicted octanol–water partition coefficient (Wildman–Crippen LogP) is 10.3. The maximum Gasteiger partial charge on any atom is 0.220 e. The fourth-order valence-corrected chi connectivity index (χ4v) is 8.36. The van der Waals surface area contributed by atoms with Crippen LogP contribution in [0.15, 0.2) is 164 Å². The van der Waals surface area contributed by atoms with E-state index < -0.39 is 0 Å². The molecule has 0 unspecified atom stereocenters. The second-order valence-corrected chi connectivity index (χ2v) is 13.2. The molecule has 0 fully saturated rings. The second-order valence-electron chi connectivity index (χ2n) is 13.2. The summed E-state index contributed by atoms with van der Waals surface area (Å²) in [7, 11) is 0. The minimum Gasteiger partial charge on any atom is -0.309 e. The molecule has 0 saturated heterocycles. The van der Waals surface area contributed by atoms with Gasteiger partial charge in [-0.15, -0.1) is 0 Å². The molecule has 7 aromatic carbocycles. The van der Waals surface area contributed by atoms with Crippen LogP contribution in [0, 0.1) is 0 Å². The molecule has 0 amide bonds. The number of rotatable bonds is 3. The molecule has 0 saturated carbocycles. The summed E-state index contributed by atoms with van der Waals surface area (Å²) in [4.78, 5) is 10.2. The largest absolute Gasteiger partial charge is 0.309 e. The lowest BCUT2D eigenvalue weighted by Gasteiger charge is -2.12. The van der Waals surface area contributed by atoms with Crippen LogP contribution in [-0.2, 0) is 0 Å². The van der Waals surface area contributed by atoms with E-state index in [0.717, 1.165) is 83.8 Å². The van der Waals surface area contributed by atoms with E-state index in [1.54, 1.807) is 0 Å². The van der Waals surface area contributed by atoms with Gasteiger partial charge >= 0.3 is 0 Å². The van der Waals surface area contributed by atoms with E-state index in [4.69, 9.17) is 9.97 Å². The van der Waals surface area contributed by atoms with Crippen LogP contribution in [-0.4, -0.2) is 32.5 Å². The Hall–Kier alpha value is -7.12. The van der Waals surface area contributed by atoms with Gasteiger partial charge in [-0.1, -0.05) is 72.8 Å². The molecule has 0 aliphatic carbocycles. The zero-order valence-electron chi connectivity index (χ0n) is 27.2. The predicted molar refractivity (Wildman–Crippen MR) is 207 cm³/mol. The molecule has 12 aromatic rings. The second kappa shape index (κ2) is 9.74. The summed E-state index contributed by atoms with van der Waals surface area (Å²) >= 11 is 0. The Kier molecular flexibility index (Phi) is 5.12. The van der Waals surface area contributed by atoms with Gasteiger partial charge in [0.1, 0.15) is 0 Å². The highest BCUT2D eigenvalue weighted by Crippen LogP contribution is 2.37. The number of para-hydroxylation sites is 9. The molecule has 0 radical (unpaired) electrons. The number of benzene rings is 7. The first-order chi connectivity index (χ1) is 25.3.